The van der Waals surface area contributed by atoms with Crippen molar-refractivity contribution in [2.75, 3.05) is 18.1 Å². The average Bonchev–Trinajstić information content (AvgIpc) is 2.18. The lowest BCUT2D eigenvalue weighted by Crippen LogP contribution is -2.33. The van der Waals surface area contributed by atoms with E-state index in [2.05, 4.69) is 23.7 Å². The van der Waals surface area contributed by atoms with Gasteiger partial charge in [0.2, 0.25) is 0 Å². The largest absolute Gasteiger partial charge is 0.396 e. The van der Waals surface area contributed by atoms with Crippen LogP contribution in [0.1, 0.15) is 26.0 Å². The monoisotopic (exact) mass is 208 g/mol. The molecule has 0 aliphatic rings. The molecule has 1 aromatic rings. The number of aryl methyl sites for hydroxylation is 1. The Kier molecular flexibility index (Phi) is 4.56. The summed E-state index contributed by atoms with van der Waals surface area (Å²) in [6.07, 6.45) is 0.786. The molecule has 0 radical (unpaired) electrons. The van der Waals surface area contributed by atoms with Gasteiger partial charge in [-0.25, -0.2) is 4.98 Å². The summed E-state index contributed by atoms with van der Waals surface area (Å²) in [4.78, 5) is 6.70. The van der Waals surface area contributed by atoms with Crippen molar-refractivity contribution in [3.8, 4) is 0 Å². The molecule has 0 unspecified atom stereocenters. The lowest BCUT2D eigenvalue weighted by atomic mass is 10.2. The molecule has 3 heteroatoms. The Balaban J connectivity index is 2.79. The van der Waals surface area contributed by atoms with Crippen LogP contribution in [0.4, 0.5) is 5.82 Å². The van der Waals surface area contributed by atoms with E-state index >= 15 is 0 Å². The lowest BCUT2D eigenvalue weighted by Gasteiger charge is -2.27. The molecule has 0 amide bonds. The quantitative estimate of drug-likeness (QED) is 0.804. The number of hydrogen-bond acceptors (Lipinski definition) is 3. The summed E-state index contributed by atoms with van der Waals surface area (Å²) in [5, 5.41) is 8.85. The second-order valence-corrected chi connectivity index (χ2v) is 4.00. The van der Waals surface area contributed by atoms with Crippen LogP contribution in [0.25, 0.3) is 0 Å². The van der Waals surface area contributed by atoms with Crippen molar-refractivity contribution in [2.24, 2.45) is 0 Å². The Morgan fingerprint density at radius 1 is 1.40 bits per heavy atom. The number of hydrogen-bond donors (Lipinski definition) is 1. The molecule has 0 aromatic carbocycles. The van der Waals surface area contributed by atoms with E-state index in [0.29, 0.717) is 6.04 Å². The number of rotatable bonds is 5. The molecule has 15 heavy (non-hydrogen) atoms. The smallest absolute Gasteiger partial charge is 0.129 e. The van der Waals surface area contributed by atoms with E-state index in [-0.39, 0.29) is 6.61 Å². The fourth-order valence-electron chi connectivity index (χ4n) is 1.57. The zero-order valence-electron chi connectivity index (χ0n) is 9.77. The van der Waals surface area contributed by atoms with Crippen molar-refractivity contribution < 1.29 is 5.11 Å². The van der Waals surface area contributed by atoms with E-state index in [1.165, 1.54) is 0 Å². The lowest BCUT2D eigenvalue weighted by molar-refractivity contribution is 0.288. The van der Waals surface area contributed by atoms with Crippen LogP contribution in [-0.4, -0.2) is 29.3 Å². The van der Waals surface area contributed by atoms with E-state index in [0.717, 1.165) is 24.5 Å². The van der Waals surface area contributed by atoms with Gasteiger partial charge in [-0.05, 0) is 39.3 Å². The number of aliphatic hydroxyl groups is 1. The maximum Gasteiger partial charge on any atom is 0.129 e. The second kappa shape index (κ2) is 5.71. The third-order valence-electron chi connectivity index (χ3n) is 2.35. The van der Waals surface area contributed by atoms with Gasteiger partial charge in [0.25, 0.3) is 0 Å². The first kappa shape index (κ1) is 12.0. The normalized spacial score (nSPS) is 10.7. The summed E-state index contributed by atoms with van der Waals surface area (Å²) in [5.74, 6) is 0.999. The Morgan fingerprint density at radius 2 is 2.13 bits per heavy atom. The number of anilines is 1. The molecule has 1 N–H and O–H groups in total. The highest BCUT2D eigenvalue weighted by atomic mass is 16.3. The molecule has 1 heterocycles. The molecule has 0 spiro atoms. The van der Waals surface area contributed by atoms with Crippen molar-refractivity contribution in [1.82, 2.24) is 4.98 Å². The Bertz CT molecular complexity index is 299. The molecular weight excluding hydrogens is 188 g/mol. The molecule has 84 valence electrons. The van der Waals surface area contributed by atoms with Crippen LogP contribution in [0, 0.1) is 6.92 Å². The second-order valence-electron chi connectivity index (χ2n) is 4.00. The number of nitrogens with zero attached hydrogens (tertiary/aromatic N) is 2. The van der Waals surface area contributed by atoms with Crippen LogP contribution in [0.2, 0.25) is 0 Å². The molecule has 0 bridgehead atoms. The molecule has 0 atom stereocenters. The van der Waals surface area contributed by atoms with Gasteiger partial charge in [0, 0.05) is 24.9 Å². The molecule has 0 saturated heterocycles. The average molecular weight is 208 g/mol. The van der Waals surface area contributed by atoms with E-state index in [1.54, 1.807) is 0 Å². The number of aromatic nitrogens is 1. The van der Waals surface area contributed by atoms with Gasteiger partial charge in [0.15, 0.2) is 0 Å². The van der Waals surface area contributed by atoms with Crippen molar-refractivity contribution in [3.05, 3.63) is 23.9 Å². The topological polar surface area (TPSA) is 36.4 Å². The van der Waals surface area contributed by atoms with E-state index in [9.17, 15) is 0 Å². The Morgan fingerprint density at radius 3 is 2.67 bits per heavy atom. The summed E-state index contributed by atoms with van der Waals surface area (Å²) in [7, 11) is 0. The van der Waals surface area contributed by atoms with Gasteiger partial charge < -0.3 is 10.0 Å². The van der Waals surface area contributed by atoms with Crippen molar-refractivity contribution in [1.29, 1.82) is 0 Å². The fourth-order valence-corrected chi connectivity index (χ4v) is 1.57. The van der Waals surface area contributed by atoms with Crippen LogP contribution in [-0.2, 0) is 0 Å². The van der Waals surface area contributed by atoms with Crippen LogP contribution in [0.15, 0.2) is 18.2 Å². The molecule has 0 aliphatic heterocycles. The van der Waals surface area contributed by atoms with Gasteiger partial charge in [-0.3, -0.25) is 0 Å². The van der Waals surface area contributed by atoms with Gasteiger partial charge >= 0.3 is 0 Å². The van der Waals surface area contributed by atoms with Crippen molar-refractivity contribution in [2.45, 2.75) is 33.2 Å². The highest BCUT2D eigenvalue weighted by Crippen LogP contribution is 2.14. The van der Waals surface area contributed by atoms with Crippen molar-refractivity contribution >= 4 is 5.82 Å². The minimum absolute atomic E-state index is 0.231. The van der Waals surface area contributed by atoms with Gasteiger partial charge in [-0.2, -0.15) is 0 Å². The Hall–Kier alpha value is -1.09. The van der Waals surface area contributed by atoms with Crippen LogP contribution < -0.4 is 4.90 Å². The summed E-state index contributed by atoms with van der Waals surface area (Å²) in [6, 6.07) is 6.44. The third kappa shape index (κ3) is 3.51. The van der Waals surface area contributed by atoms with E-state index in [1.807, 2.05) is 25.1 Å². The van der Waals surface area contributed by atoms with E-state index in [4.69, 9.17) is 5.11 Å². The molecular formula is C12H20N2O. The van der Waals surface area contributed by atoms with E-state index < -0.39 is 0 Å². The van der Waals surface area contributed by atoms with Gasteiger partial charge in [0.05, 0.1) is 0 Å². The summed E-state index contributed by atoms with van der Waals surface area (Å²) < 4.78 is 0. The summed E-state index contributed by atoms with van der Waals surface area (Å²) in [5.41, 5.74) is 1.03. The molecule has 0 aliphatic carbocycles. The molecule has 1 rings (SSSR count). The predicted molar refractivity (Wildman–Crippen MR) is 63.2 cm³/mol. The zero-order valence-corrected chi connectivity index (χ0v) is 9.77. The zero-order chi connectivity index (χ0) is 11.3. The summed E-state index contributed by atoms with van der Waals surface area (Å²) in [6.45, 7) is 7.36. The maximum absolute atomic E-state index is 8.85. The van der Waals surface area contributed by atoms with Crippen LogP contribution in [0.5, 0.6) is 0 Å². The predicted octanol–water partition coefficient (Wildman–Crippen LogP) is 1.99. The molecule has 0 saturated carbocycles. The minimum Gasteiger partial charge on any atom is -0.396 e. The minimum atomic E-state index is 0.231. The molecule has 0 fully saturated rings. The highest BCUT2D eigenvalue weighted by Gasteiger charge is 2.10. The van der Waals surface area contributed by atoms with Gasteiger partial charge in [0.1, 0.15) is 5.82 Å². The Labute approximate surface area is 91.8 Å². The standard InChI is InChI=1S/C12H20N2O/c1-10(2)14(8-5-9-15)12-7-4-6-11(3)13-12/h4,6-7,10,15H,5,8-9H2,1-3H3. The highest BCUT2D eigenvalue weighted by molar-refractivity contribution is 5.39. The third-order valence-corrected chi connectivity index (χ3v) is 2.35. The van der Waals surface area contributed by atoms with Gasteiger partial charge in [-0.1, -0.05) is 6.07 Å². The first-order valence-electron chi connectivity index (χ1n) is 5.46. The van der Waals surface area contributed by atoms with Crippen molar-refractivity contribution in [3.63, 3.8) is 0 Å². The number of aliphatic hydroxyl groups excluding tert-OH is 1. The SMILES string of the molecule is Cc1cccc(N(CCCO)C(C)C)n1. The first-order valence-corrected chi connectivity index (χ1v) is 5.46. The summed E-state index contributed by atoms with van der Waals surface area (Å²) >= 11 is 0. The molecule has 1 aromatic heterocycles. The maximum atomic E-state index is 8.85. The molecule has 3 nitrogen and oxygen atoms in total. The van der Waals surface area contributed by atoms with Gasteiger partial charge in [-0.15, -0.1) is 0 Å². The fraction of sp³-hybridized carbons (Fsp3) is 0.583. The first-order chi connectivity index (χ1) is 7.15. The number of pyridine rings is 1. The van der Waals surface area contributed by atoms with Crippen LogP contribution >= 0.6 is 0 Å². The van der Waals surface area contributed by atoms with Crippen LogP contribution in [0.3, 0.4) is 0 Å².